The average Bonchev–Trinajstić information content (AvgIpc) is 2.69. The Morgan fingerprint density at radius 3 is 1.80 bits per heavy atom. The predicted molar refractivity (Wildman–Crippen MR) is 151 cm³/mol. The van der Waals surface area contributed by atoms with Crippen LogP contribution in [0, 0.1) is 0 Å². The molecule has 2 aromatic rings. The average molecular weight is 516 g/mol. The quantitative estimate of drug-likeness (QED) is 0.351. The highest BCUT2D eigenvalue weighted by Crippen LogP contribution is 2.43. The summed E-state index contributed by atoms with van der Waals surface area (Å²) in [7, 11) is -4.17. The third kappa shape index (κ3) is 8.14. The van der Waals surface area contributed by atoms with E-state index in [9.17, 15) is 9.90 Å². The molecular weight excluding hydrogens is 470 g/mol. The van der Waals surface area contributed by atoms with Gasteiger partial charge in [-0.3, -0.25) is 4.79 Å². The fraction of sp³-hybridized carbons (Fsp3) is 0.536. The number of benzene rings is 2. The summed E-state index contributed by atoms with van der Waals surface area (Å²) in [6.07, 6.45) is 0.995. The number of carbonyl (C=O) groups is 1. The Morgan fingerprint density at radius 2 is 1.29 bits per heavy atom. The first-order chi connectivity index (χ1) is 15.9. The molecule has 5 nitrogen and oxygen atoms in total. The zero-order valence-electron chi connectivity index (χ0n) is 23.3. The summed E-state index contributed by atoms with van der Waals surface area (Å²) >= 11 is 0. The van der Waals surface area contributed by atoms with Crippen LogP contribution in [-0.4, -0.2) is 34.2 Å². The molecule has 0 atom stereocenters. The molecule has 7 heteroatoms. The Hall–Kier alpha value is -2.26. The van der Waals surface area contributed by atoms with Crippen LogP contribution >= 0.6 is 0 Å². The minimum Gasteiger partial charge on any atom is -0.541 e. The molecule has 1 amide bonds. The van der Waals surface area contributed by atoms with Gasteiger partial charge < -0.3 is 19.3 Å². The van der Waals surface area contributed by atoms with Crippen molar-refractivity contribution in [2.75, 3.05) is 6.54 Å². The van der Waals surface area contributed by atoms with E-state index in [0.29, 0.717) is 13.0 Å². The van der Waals surface area contributed by atoms with Gasteiger partial charge in [-0.25, -0.2) is 0 Å². The minimum absolute atomic E-state index is 0.0277. The van der Waals surface area contributed by atoms with Crippen molar-refractivity contribution >= 4 is 22.5 Å². The standard InChI is InChI=1S/C28H45NO4Si2/c1-27(2,3)34(7,8)32-24-16-13-22(19-25(24)33-35(9,10)28(4,5)6)20-26(31)29-18-17-21-11-14-23(30)15-12-21/h11-16,19,30H,17-18,20H2,1-10H3,(H,29,31). The molecule has 35 heavy (non-hydrogen) atoms. The van der Waals surface area contributed by atoms with Crippen molar-refractivity contribution in [1.29, 1.82) is 0 Å². The van der Waals surface area contributed by atoms with Crippen LogP contribution in [0.15, 0.2) is 42.5 Å². The number of hydrogen-bond donors (Lipinski definition) is 2. The van der Waals surface area contributed by atoms with Crippen LogP contribution in [0.5, 0.6) is 17.2 Å². The van der Waals surface area contributed by atoms with Crippen LogP contribution in [0.4, 0.5) is 0 Å². The summed E-state index contributed by atoms with van der Waals surface area (Å²) in [4.78, 5) is 12.7. The fourth-order valence-corrected chi connectivity index (χ4v) is 4.98. The lowest BCUT2D eigenvalue weighted by molar-refractivity contribution is -0.120. The molecule has 0 aliphatic carbocycles. The number of rotatable bonds is 9. The predicted octanol–water partition coefficient (Wildman–Crippen LogP) is 7.06. The summed E-state index contributed by atoms with van der Waals surface area (Å²) in [5.41, 5.74) is 1.98. The van der Waals surface area contributed by atoms with Gasteiger partial charge in [-0.05, 0) is 78.1 Å². The number of carbonyl (C=O) groups excluding carboxylic acids is 1. The molecule has 0 radical (unpaired) electrons. The maximum Gasteiger partial charge on any atom is 0.250 e. The smallest absolute Gasteiger partial charge is 0.250 e. The zero-order valence-corrected chi connectivity index (χ0v) is 25.3. The number of nitrogens with one attached hydrogen (secondary N) is 1. The van der Waals surface area contributed by atoms with E-state index < -0.39 is 16.6 Å². The number of phenolic OH excluding ortho intramolecular Hbond substituents is 1. The zero-order chi connectivity index (χ0) is 26.7. The van der Waals surface area contributed by atoms with Gasteiger partial charge in [0, 0.05) is 6.54 Å². The van der Waals surface area contributed by atoms with Gasteiger partial charge >= 0.3 is 0 Å². The second kappa shape index (κ2) is 10.8. The molecular formula is C28H45NO4Si2. The van der Waals surface area contributed by atoms with Crippen LogP contribution in [-0.2, 0) is 17.6 Å². The molecule has 0 saturated carbocycles. The Balaban J connectivity index is 2.19. The molecule has 0 aliphatic rings. The molecule has 0 aliphatic heterocycles. The van der Waals surface area contributed by atoms with Crippen LogP contribution in [0.25, 0.3) is 0 Å². The van der Waals surface area contributed by atoms with Gasteiger partial charge in [0.15, 0.2) is 0 Å². The molecule has 2 aromatic carbocycles. The first kappa shape index (κ1) is 29.0. The Bertz CT molecular complexity index is 1000. The number of amides is 1. The maximum absolute atomic E-state index is 12.7. The maximum atomic E-state index is 12.7. The highest BCUT2D eigenvalue weighted by atomic mass is 28.4. The van der Waals surface area contributed by atoms with Crippen molar-refractivity contribution in [2.45, 2.75) is 90.6 Å². The summed E-state index contributed by atoms with van der Waals surface area (Å²) in [6.45, 7) is 22.8. The van der Waals surface area contributed by atoms with E-state index in [1.807, 2.05) is 30.3 Å². The van der Waals surface area contributed by atoms with E-state index in [1.54, 1.807) is 12.1 Å². The van der Waals surface area contributed by atoms with Gasteiger partial charge in [-0.2, -0.15) is 0 Å². The van der Waals surface area contributed by atoms with E-state index in [0.717, 1.165) is 22.6 Å². The SMILES string of the molecule is CC(C)(C)[Si](C)(C)Oc1ccc(CC(=O)NCCc2ccc(O)cc2)cc1O[Si](C)(C)C(C)(C)C. The first-order valence-electron chi connectivity index (χ1n) is 12.5. The van der Waals surface area contributed by atoms with E-state index in [4.69, 9.17) is 8.85 Å². The summed E-state index contributed by atoms with van der Waals surface area (Å²) in [5.74, 6) is 1.74. The van der Waals surface area contributed by atoms with E-state index >= 15 is 0 Å². The molecule has 0 fully saturated rings. The van der Waals surface area contributed by atoms with Crippen molar-refractivity contribution in [3.8, 4) is 17.2 Å². The molecule has 2 rings (SSSR count). The molecule has 0 bridgehead atoms. The number of phenols is 1. The third-order valence-electron chi connectivity index (χ3n) is 7.39. The summed E-state index contributed by atoms with van der Waals surface area (Å²) < 4.78 is 13.4. The van der Waals surface area contributed by atoms with E-state index in [-0.39, 0.29) is 28.2 Å². The van der Waals surface area contributed by atoms with Crippen LogP contribution < -0.4 is 14.2 Å². The normalized spacial score (nSPS) is 12.9. The lowest BCUT2D eigenvalue weighted by Gasteiger charge is -2.39. The topological polar surface area (TPSA) is 67.8 Å². The number of hydrogen-bond acceptors (Lipinski definition) is 4. The lowest BCUT2D eigenvalue weighted by Crippen LogP contribution is -2.45. The van der Waals surface area contributed by atoms with Crippen molar-refractivity contribution in [1.82, 2.24) is 5.32 Å². The van der Waals surface area contributed by atoms with Crippen LogP contribution in [0.2, 0.25) is 36.3 Å². The molecule has 0 saturated heterocycles. The summed E-state index contributed by atoms with van der Waals surface area (Å²) in [6, 6.07) is 13.0. The second-order valence-corrected chi connectivity index (χ2v) is 21.9. The highest BCUT2D eigenvalue weighted by Gasteiger charge is 2.42. The van der Waals surface area contributed by atoms with Crippen molar-refractivity contribution in [3.63, 3.8) is 0 Å². The fourth-order valence-electron chi connectivity index (χ4n) is 2.94. The molecule has 0 heterocycles. The van der Waals surface area contributed by atoms with Crippen molar-refractivity contribution in [3.05, 3.63) is 53.6 Å². The Kier molecular flexibility index (Phi) is 8.93. The van der Waals surface area contributed by atoms with Gasteiger partial charge in [0.1, 0.15) is 17.2 Å². The molecule has 194 valence electrons. The van der Waals surface area contributed by atoms with Gasteiger partial charge in [0.05, 0.1) is 6.42 Å². The van der Waals surface area contributed by atoms with E-state index in [2.05, 4.69) is 73.0 Å². The minimum atomic E-state index is -2.11. The largest absolute Gasteiger partial charge is 0.541 e. The first-order valence-corrected chi connectivity index (χ1v) is 18.3. The van der Waals surface area contributed by atoms with Gasteiger partial charge in [0.2, 0.25) is 5.91 Å². The molecule has 0 aromatic heterocycles. The molecule has 2 N–H and O–H groups in total. The van der Waals surface area contributed by atoms with Gasteiger partial charge in [0.25, 0.3) is 16.6 Å². The molecule has 0 unspecified atom stereocenters. The van der Waals surface area contributed by atoms with Crippen molar-refractivity contribution < 1.29 is 18.8 Å². The number of aromatic hydroxyl groups is 1. The Labute approximate surface area is 214 Å². The van der Waals surface area contributed by atoms with Gasteiger partial charge in [-0.1, -0.05) is 59.7 Å². The van der Waals surface area contributed by atoms with E-state index in [1.165, 1.54) is 0 Å². The van der Waals surface area contributed by atoms with Crippen LogP contribution in [0.3, 0.4) is 0 Å². The lowest BCUT2D eigenvalue weighted by atomic mass is 10.1. The highest BCUT2D eigenvalue weighted by molar-refractivity contribution is 6.75. The Morgan fingerprint density at radius 1 is 0.800 bits per heavy atom. The third-order valence-corrected chi connectivity index (χ3v) is 16.1. The van der Waals surface area contributed by atoms with Crippen molar-refractivity contribution in [2.24, 2.45) is 0 Å². The monoisotopic (exact) mass is 515 g/mol. The van der Waals surface area contributed by atoms with Crippen LogP contribution in [0.1, 0.15) is 52.7 Å². The second-order valence-electron chi connectivity index (χ2n) is 12.4. The molecule has 0 spiro atoms. The summed E-state index contributed by atoms with van der Waals surface area (Å²) in [5, 5.41) is 12.5. The van der Waals surface area contributed by atoms with Gasteiger partial charge in [-0.15, -0.1) is 0 Å².